The Kier molecular flexibility index (Phi) is 10.6. The molecule has 1 rings (SSSR count). The summed E-state index contributed by atoms with van der Waals surface area (Å²) in [6, 6.07) is 11.5. The van der Waals surface area contributed by atoms with Gasteiger partial charge in [-0.05, 0) is 51.6 Å². The standard InChI is InChI=1S/C22H35N3O3/c1-5-17(12-9-13-23)15-24-16-20(26)19(14-18-10-7-6-8-11-18)25-21(27)28-22(2,3)4/h6-8,10-11,17,19-20,24,26H,5,9,12,14-16H2,1-4H3,(H,25,27)/t17?,19-,20?/m0/s1. The lowest BCUT2D eigenvalue weighted by Crippen LogP contribution is -2.50. The Labute approximate surface area is 169 Å². The van der Waals surface area contributed by atoms with Gasteiger partial charge in [0.15, 0.2) is 0 Å². The van der Waals surface area contributed by atoms with Crippen molar-refractivity contribution in [3.8, 4) is 6.07 Å². The normalized spacial score (nSPS) is 14.6. The predicted octanol–water partition coefficient (Wildman–Crippen LogP) is 3.40. The molecule has 1 aromatic carbocycles. The fourth-order valence-corrected chi connectivity index (χ4v) is 2.91. The lowest BCUT2D eigenvalue weighted by atomic mass is 9.99. The van der Waals surface area contributed by atoms with Gasteiger partial charge in [-0.25, -0.2) is 4.79 Å². The van der Waals surface area contributed by atoms with E-state index in [1.807, 2.05) is 51.1 Å². The maximum Gasteiger partial charge on any atom is 0.407 e. The maximum atomic E-state index is 12.2. The molecule has 0 heterocycles. The average Bonchev–Trinajstić information content (AvgIpc) is 2.63. The first-order chi connectivity index (χ1) is 13.2. The van der Waals surface area contributed by atoms with Crippen LogP contribution in [0.4, 0.5) is 4.79 Å². The number of nitrogens with one attached hydrogen (secondary N) is 2. The van der Waals surface area contributed by atoms with Gasteiger partial charge in [-0.3, -0.25) is 0 Å². The quantitative estimate of drug-likeness (QED) is 0.539. The van der Waals surface area contributed by atoms with Crippen LogP contribution in [-0.2, 0) is 11.2 Å². The topological polar surface area (TPSA) is 94.4 Å². The number of hydrogen-bond donors (Lipinski definition) is 3. The van der Waals surface area contributed by atoms with E-state index in [-0.39, 0.29) is 0 Å². The van der Waals surface area contributed by atoms with Crippen LogP contribution in [0.2, 0.25) is 0 Å². The van der Waals surface area contributed by atoms with Gasteiger partial charge in [0.1, 0.15) is 5.60 Å². The molecule has 3 atom stereocenters. The molecule has 0 saturated heterocycles. The highest BCUT2D eigenvalue weighted by Crippen LogP contribution is 2.11. The van der Waals surface area contributed by atoms with Crippen molar-refractivity contribution in [3.63, 3.8) is 0 Å². The van der Waals surface area contributed by atoms with Crippen molar-refractivity contribution >= 4 is 6.09 Å². The molecular formula is C22H35N3O3. The van der Waals surface area contributed by atoms with E-state index in [1.165, 1.54) is 0 Å². The zero-order chi connectivity index (χ0) is 21.0. The SMILES string of the molecule is CCC(CCC#N)CNCC(O)[C@H](Cc1ccccc1)NC(=O)OC(C)(C)C. The first kappa shape index (κ1) is 23.9. The molecule has 0 aliphatic rings. The van der Waals surface area contributed by atoms with E-state index in [0.29, 0.717) is 25.3 Å². The summed E-state index contributed by atoms with van der Waals surface area (Å²) in [5.74, 6) is 0.401. The molecule has 0 saturated carbocycles. The summed E-state index contributed by atoms with van der Waals surface area (Å²) in [6.45, 7) is 8.62. The Balaban J connectivity index is 2.66. The third-order valence-electron chi connectivity index (χ3n) is 4.49. The fraction of sp³-hybridized carbons (Fsp3) is 0.636. The lowest BCUT2D eigenvalue weighted by molar-refractivity contribution is 0.0421. The summed E-state index contributed by atoms with van der Waals surface area (Å²) in [5.41, 5.74) is 0.433. The van der Waals surface area contributed by atoms with E-state index in [2.05, 4.69) is 23.6 Å². The molecule has 0 fully saturated rings. The number of carbonyl (C=O) groups is 1. The highest BCUT2D eigenvalue weighted by atomic mass is 16.6. The molecule has 6 heteroatoms. The molecule has 0 aliphatic heterocycles. The molecule has 0 spiro atoms. The molecule has 28 heavy (non-hydrogen) atoms. The maximum absolute atomic E-state index is 12.2. The summed E-state index contributed by atoms with van der Waals surface area (Å²) in [5, 5.41) is 25.5. The Hall–Kier alpha value is -2.10. The molecule has 6 nitrogen and oxygen atoms in total. The number of aliphatic hydroxyl groups excluding tert-OH is 1. The summed E-state index contributed by atoms with van der Waals surface area (Å²) in [6.07, 6.45) is 1.58. The lowest BCUT2D eigenvalue weighted by Gasteiger charge is -2.27. The number of carbonyl (C=O) groups excluding carboxylic acids is 1. The Morgan fingerprint density at radius 2 is 1.93 bits per heavy atom. The van der Waals surface area contributed by atoms with Crippen molar-refractivity contribution < 1.29 is 14.6 Å². The molecular weight excluding hydrogens is 354 g/mol. The van der Waals surface area contributed by atoms with Crippen LogP contribution in [0.25, 0.3) is 0 Å². The third kappa shape index (κ3) is 10.3. The van der Waals surface area contributed by atoms with Crippen molar-refractivity contribution in [2.24, 2.45) is 5.92 Å². The molecule has 1 amide bonds. The summed E-state index contributed by atoms with van der Waals surface area (Å²) in [4.78, 5) is 12.2. The fourth-order valence-electron chi connectivity index (χ4n) is 2.91. The first-order valence-corrected chi connectivity index (χ1v) is 10.0. The zero-order valence-corrected chi connectivity index (χ0v) is 17.6. The molecule has 0 bridgehead atoms. The first-order valence-electron chi connectivity index (χ1n) is 10.0. The predicted molar refractivity (Wildman–Crippen MR) is 111 cm³/mol. The van der Waals surface area contributed by atoms with Gasteiger partial charge in [0.2, 0.25) is 0 Å². The van der Waals surface area contributed by atoms with Gasteiger partial charge >= 0.3 is 6.09 Å². The Bertz CT molecular complexity index is 608. The molecule has 0 radical (unpaired) electrons. The number of rotatable bonds is 11. The van der Waals surface area contributed by atoms with Gasteiger partial charge in [-0.1, -0.05) is 43.7 Å². The molecule has 156 valence electrons. The Morgan fingerprint density at radius 1 is 1.25 bits per heavy atom. The number of nitrogens with zero attached hydrogens (tertiary/aromatic N) is 1. The van der Waals surface area contributed by atoms with Crippen molar-refractivity contribution in [2.45, 2.75) is 71.1 Å². The highest BCUT2D eigenvalue weighted by molar-refractivity contribution is 5.68. The van der Waals surface area contributed by atoms with Crippen LogP contribution < -0.4 is 10.6 Å². The van der Waals surface area contributed by atoms with E-state index in [4.69, 9.17) is 10.00 Å². The number of benzene rings is 1. The Morgan fingerprint density at radius 3 is 2.50 bits per heavy atom. The average molecular weight is 390 g/mol. The summed E-state index contributed by atoms with van der Waals surface area (Å²) in [7, 11) is 0. The van der Waals surface area contributed by atoms with Gasteiger partial charge in [0.25, 0.3) is 0 Å². The van der Waals surface area contributed by atoms with Gasteiger partial charge in [-0.2, -0.15) is 5.26 Å². The molecule has 1 aromatic rings. The van der Waals surface area contributed by atoms with E-state index in [9.17, 15) is 9.90 Å². The molecule has 2 unspecified atom stereocenters. The van der Waals surface area contributed by atoms with E-state index < -0.39 is 23.8 Å². The number of hydrogen-bond acceptors (Lipinski definition) is 5. The smallest absolute Gasteiger partial charge is 0.407 e. The number of ether oxygens (including phenoxy) is 1. The molecule has 0 aliphatic carbocycles. The van der Waals surface area contributed by atoms with E-state index >= 15 is 0 Å². The zero-order valence-electron chi connectivity index (χ0n) is 17.6. The van der Waals surface area contributed by atoms with Crippen LogP contribution in [0.3, 0.4) is 0 Å². The number of aliphatic hydroxyl groups is 1. The van der Waals surface area contributed by atoms with Crippen molar-refractivity contribution in [1.29, 1.82) is 5.26 Å². The number of nitriles is 1. The van der Waals surface area contributed by atoms with Crippen molar-refractivity contribution in [3.05, 3.63) is 35.9 Å². The highest BCUT2D eigenvalue weighted by Gasteiger charge is 2.25. The number of alkyl carbamates (subject to hydrolysis) is 1. The van der Waals surface area contributed by atoms with Crippen LogP contribution in [0, 0.1) is 17.2 Å². The van der Waals surface area contributed by atoms with Crippen molar-refractivity contribution in [1.82, 2.24) is 10.6 Å². The third-order valence-corrected chi connectivity index (χ3v) is 4.49. The van der Waals surface area contributed by atoms with Crippen LogP contribution in [0.15, 0.2) is 30.3 Å². The van der Waals surface area contributed by atoms with Gasteiger partial charge in [-0.15, -0.1) is 0 Å². The van der Waals surface area contributed by atoms with Crippen LogP contribution in [0.1, 0.15) is 52.5 Å². The van der Waals surface area contributed by atoms with Gasteiger partial charge in [0.05, 0.1) is 18.2 Å². The minimum Gasteiger partial charge on any atom is -0.444 e. The number of amides is 1. The minimum absolute atomic E-state index is 0.357. The van der Waals surface area contributed by atoms with E-state index in [0.717, 1.165) is 24.9 Å². The summed E-state index contributed by atoms with van der Waals surface area (Å²) < 4.78 is 5.35. The van der Waals surface area contributed by atoms with Crippen LogP contribution >= 0.6 is 0 Å². The minimum atomic E-state index is -0.763. The monoisotopic (exact) mass is 389 g/mol. The van der Waals surface area contributed by atoms with E-state index in [1.54, 1.807) is 0 Å². The van der Waals surface area contributed by atoms with Crippen molar-refractivity contribution in [2.75, 3.05) is 13.1 Å². The second-order valence-electron chi connectivity index (χ2n) is 8.14. The van der Waals surface area contributed by atoms with Gasteiger partial charge < -0.3 is 20.5 Å². The largest absolute Gasteiger partial charge is 0.444 e. The van der Waals surface area contributed by atoms with Crippen LogP contribution in [0.5, 0.6) is 0 Å². The molecule has 0 aromatic heterocycles. The molecule has 3 N–H and O–H groups in total. The second-order valence-corrected chi connectivity index (χ2v) is 8.14. The van der Waals surface area contributed by atoms with Gasteiger partial charge in [0, 0.05) is 13.0 Å². The van der Waals surface area contributed by atoms with Crippen LogP contribution in [-0.4, -0.2) is 42.0 Å². The second kappa shape index (κ2) is 12.4. The summed E-state index contributed by atoms with van der Waals surface area (Å²) >= 11 is 0.